The number of likely N-dealkylation sites (tertiary alicyclic amines) is 2. The molecule has 1 aromatic heterocycles. The van der Waals surface area contributed by atoms with Crippen LogP contribution in [0.2, 0.25) is 0 Å². The lowest BCUT2D eigenvalue weighted by Crippen LogP contribution is -2.52. The summed E-state index contributed by atoms with van der Waals surface area (Å²) in [6.07, 6.45) is 6.86. The second kappa shape index (κ2) is 7.54. The molecule has 3 aromatic rings. The van der Waals surface area contributed by atoms with Crippen molar-refractivity contribution in [1.82, 2.24) is 9.80 Å². The van der Waals surface area contributed by atoms with Gasteiger partial charge in [0.25, 0.3) is 0 Å². The van der Waals surface area contributed by atoms with Crippen LogP contribution in [0.4, 0.5) is 0 Å². The molecule has 0 radical (unpaired) electrons. The third kappa shape index (κ3) is 3.28. The van der Waals surface area contributed by atoms with Crippen molar-refractivity contribution >= 4 is 33.6 Å². The highest BCUT2D eigenvalue weighted by Crippen LogP contribution is 2.31. The number of amides is 2. The molecule has 3 heterocycles. The molecule has 2 fully saturated rings. The zero-order valence-corrected chi connectivity index (χ0v) is 16.6. The van der Waals surface area contributed by atoms with E-state index in [9.17, 15) is 9.59 Å². The summed E-state index contributed by atoms with van der Waals surface area (Å²) in [5, 5.41) is 3.25. The van der Waals surface area contributed by atoms with Gasteiger partial charge in [-0.25, -0.2) is 0 Å². The van der Waals surface area contributed by atoms with E-state index in [1.54, 1.807) is 6.26 Å². The molecule has 2 saturated heterocycles. The molecule has 29 heavy (non-hydrogen) atoms. The second-order valence-corrected chi connectivity index (χ2v) is 8.23. The fourth-order valence-corrected chi connectivity index (χ4v) is 4.90. The van der Waals surface area contributed by atoms with Gasteiger partial charge in [-0.2, -0.15) is 0 Å². The zero-order chi connectivity index (χ0) is 19.8. The van der Waals surface area contributed by atoms with E-state index in [0.29, 0.717) is 6.54 Å². The first-order valence-electron chi connectivity index (χ1n) is 10.7. The fourth-order valence-electron chi connectivity index (χ4n) is 4.90. The van der Waals surface area contributed by atoms with Crippen LogP contribution >= 0.6 is 0 Å². The Morgan fingerprint density at radius 2 is 1.76 bits per heavy atom. The summed E-state index contributed by atoms with van der Waals surface area (Å²) in [6.45, 7) is 2.32. The van der Waals surface area contributed by atoms with Crippen LogP contribution in [-0.2, 0) is 16.0 Å². The topological polar surface area (TPSA) is 53.8 Å². The minimum Gasteiger partial charge on any atom is -0.464 e. The van der Waals surface area contributed by atoms with Crippen LogP contribution in [0.3, 0.4) is 0 Å². The fraction of sp³-hybridized carbons (Fsp3) is 0.417. The minimum absolute atomic E-state index is 0.0258. The zero-order valence-electron chi connectivity index (χ0n) is 16.6. The first-order valence-corrected chi connectivity index (χ1v) is 10.7. The van der Waals surface area contributed by atoms with Crippen molar-refractivity contribution in [2.75, 3.05) is 19.6 Å². The molecule has 0 saturated carbocycles. The standard InChI is InChI=1S/C24H26N2O3/c27-22(26-14-4-3-9-20(26)24(28)25-12-5-6-13-25)15-18-16-29-21-11-10-17-7-1-2-8-19(17)23(18)21/h1-2,7-8,10-11,16,20H,3-6,9,12-15H2. The molecule has 0 spiro atoms. The summed E-state index contributed by atoms with van der Waals surface area (Å²) in [4.78, 5) is 30.1. The van der Waals surface area contributed by atoms with Gasteiger partial charge >= 0.3 is 0 Å². The molecule has 2 aromatic carbocycles. The van der Waals surface area contributed by atoms with Crippen LogP contribution in [-0.4, -0.2) is 47.3 Å². The lowest BCUT2D eigenvalue weighted by molar-refractivity contribution is -0.146. The summed E-state index contributed by atoms with van der Waals surface area (Å²) >= 11 is 0. The van der Waals surface area contributed by atoms with Crippen LogP contribution in [0, 0.1) is 0 Å². The Balaban J connectivity index is 1.43. The van der Waals surface area contributed by atoms with E-state index in [1.165, 1.54) is 0 Å². The quantitative estimate of drug-likeness (QED) is 0.676. The largest absolute Gasteiger partial charge is 0.464 e. The predicted molar refractivity (Wildman–Crippen MR) is 113 cm³/mol. The lowest BCUT2D eigenvalue weighted by atomic mass is 9.98. The Kier molecular flexibility index (Phi) is 4.74. The van der Waals surface area contributed by atoms with Gasteiger partial charge in [-0.1, -0.05) is 30.3 Å². The van der Waals surface area contributed by atoms with Gasteiger partial charge in [0.15, 0.2) is 0 Å². The smallest absolute Gasteiger partial charge is 0.245 e. The van der Waals surface area contributed by atoms with Gasteiger partial charge in [0.2, 0.25) is 11.8 Å². The Morgan fingerprint density at radius 1 is 0.966 bits per heavy atom. The van der Waals surface area contributed by atoms with E-state index in [-0.39, 0.29) is 24.3 Å². The predicted octanol–water partition coefficient (Wildman–Crippen LogP) is 4.13. The number of benzene rings is 2. The second-order valence-electron chi connectivity index (χ2n) is 8.23. The van der Waals surface area contributed by atoms with Gasteiger partial charge in [-0.05, 0) is 48.9 Å². The molecule has 150 valence electrons. The molecular formula is C24H26N2O3. The highest BCUT2D eigenvalue weighted by atomic mass is 16.3. The van der Waals surface area contributed by atoms with Crippen molar-refractivity contribution in [3.63, 3.8) is 0 Å². The Hall–Kier alpha value is -2.82. The monoisotopic (exact) mass is 390 g/mol. The summed E-state index contributed by atoms with van der Waals surface area (Å²) < 4.78 is 5.76. The van der Waals surface area contributed by atoms with Gasteiger partial charge in [0.05, 0.1) is 12.7 Å². The third-order valence-electron chi connectivity index (χ3n) is 6.41. The maximum absolute atomic E-state index is 13.3. The Morgan fingerprint density at radius 3 is 2.62 bits per heavy atom. The van der Waals surface area contributed by atoms with Crippen molar-refractivity contribution in [3.05, 3.63) is 48.2 Å². The van der Waals surface area contributed by atoms with Crippen molar-refractivity contribution in [2.24, 2.45) is 0 Å². The Labute approximate surface area is 170 Å². The molecule has 0 N–H and O–H groups in total. The molecule has 2 aliphatic heterocycles. The maximum Gasteiger partial charge on any atom is 0.245 e. The van der Waals surface area contributed by atoms with E-state index in [0.717, 1.165) is 72.5 Å². The van der Waals surface area contributed by atoms with E-state index in [2.05, 4.69) is 12.1 Å². The van der Waals surface area contributed by atoms with Gasteiger partial charge in [0, 0.05) is 30.6 Å². The van der Waals surface area contributed by atoms with E-state index < -0.39 is 0 Å². The normalized spacial score (nSPS) is 19.9. The average Bonchev–Trinajstić information content (AvgIpc) is 3.44. The van der Waals surface area contributed by atoms with Crippen LogP contribution in [0.25, 0.3) is 21.7 Å². The van der Waals surface area contributed by atoms with Gasteiger partial charge < -0.3 is 14.2 Å². The van der Waals surface area contributed by atoms with Crippen molar-refractivity contribution in [1.29, 1.82) is 0 Å². The van der Waals surface area contributed by atoms with Gasteiger partial charge in [-0.15, -0.1) is 0 Å². The van der Waals surface area contributed by atoms with Crippen LogP contribution in [0.1, 0.15) is 37.7 Å². The van der Waals surface area contributed by atoms with E-state index in [1.807, 2.05) is 34.1 Å². The molecule has 2 amide bonds. The number of rotatable bonds is 3. The molecule has 1 atom stereocenters. The number of hydrogen-bond donors (Lipinski definition) is 0. The minimum atomic E-state index is -0.302. The molecule has 5 heteroatoms. The number of fused-ring (bicyclic) bond motifs is 3. The molecule has 1 unspecified atom stereocenters. The molecule has 0 bridgehead atoms. The SMILES string of the molecule is O=C(C1CCCCN1C(=O)Cc1coc2ccc3ccccc3c12)N1CCCC1. The number of carbonyl (C=O) groups is 2. The molecule has 5 rings (SSSR count). The third-order valence-corrected chi connectivity index (χ3v) is 6.41. The molecule has 2 aliphatic rings. The van der Waals surface area contributed by atoms with Crippen molar-refractivity contribution in [3.8, 4) is 0 Å². The van der Waals surface area contributed by atoms with Gasteiger partial charge in [-0.3, -0.25) is 9.59 Å². The first kappa shape index (κ1) is 18.2. The molecular weight excluding hydrogens is 364 g/mol. The summed E-state index contributed by atoms with van der Waals surface area (Å²) in [5.41, 5.74) is 1.70. The Bertz CT molecular complexity index is 1060. The van der Waals surface area contributed by atoms with E-state index >= 15 is 0 Å². The number of furan rings is 1. The highest BCUT2D eigenvalue weighted by molar-refractivity contribution is 6.08. The number of nitrogens with zero attached hydrogens (tertiary/aromatic N) is 2. The number of carbonyl (C=O) groups excluding carboxylic acids is 2. The van der Waals surface area contributed by atoms with Crippen molar-refractivity contribution < 1.29 is 14.0 Å². The van der Waals surface area contributed by atoms with Gasteiger partial charge in [0.1, 0.15) is 11.6 Å². The lowest BCUT2D eigenvalue weighted by Gasteiger charge is -2.36. The summed E-state index contributed by atoms with van der Waals surface area (Å²) in [6, 6.07) is 11.9. The first-order chi connectivity index (χ1) is 14.2. The maximum atomic E-state index is 13.3. The average molecular weight is 390 g/mol. The number of hydrogen-bond acceptors (Lipinski definition) is 3. The van der Waals surface area contributed by atoms with Crippen molar-refractivity contribution in [2.45, 2.75) is 44.6 Å². The van der Waals surface area contributed by atoms with Crippen LogP contribution < -0.4 is 0 Å². The molecule has 0 aliphatic carbocycles. The highest BCUT2D eigenvalue weighted by Gasteiger charge is 2.35. The summed E-state index contributed by atoms with van der Waals surface area (Å²) in [7, 11) is 0. The molecule has 5 nitrogen and oxygen atoms in total. The van der Waals surface area contributed by atoms with Crippen LogP contribution in [0.5, 0.6) is 0 Å². The summed E-state index contributed by atoms with van der Waals surface area (Å²) in [5.74, 6) is 0.163. The number of piperidine rings is 1. The van der Waals surface area contributed by atoms with E-state index in [4.69, 9.17) is 4.42 Å². The van der Waals surface area contributed by atoms with Crippen LogP contribution in [0.15, 0.2) is 47.1 Å².